The largest absolute Gasteiger partial charge is 0.492 e. The summed E-state index contributed by atoms with van der Waals surface area (Å²) in [5.41, 5.74) is 0.938. The Kier molecular flexibility index (Phi) is 6.02. The molecule has 9 heteroatoms. The number of hydrogen-bond donors (Lipinski definition) is 1. The van der Waals surface area contributed by atoms with Crippen molar-refractivity contribution in [1.82, 2.24) is 15.3 Å². The Morgan fingerprint density at radius 2 is 1.93 bits per heavy atom. The first kappa shape index (κ1) is 18.8. The fourth-order valence-corrected chi connectivity index (χ4v) is 3.41. The van der Waals surface area contributed by atoms with E-state index in [0.717, 1.165) is 17.3 Å². The molecular weight excluding hydrogens is 368 g/mol. The van der Waals surface area contributed by atoms with E-state index in [1.165, 1.54) is 11.8 Å². The summed E-state index contributed by atoms with van der Waals surface area (Å²) in [6.07, 6.45) is 3.63. The maximum absolute atomic E-state index is 11.8. The van der Waals surface area contributed by atoms with Gasteiger partial charge in [0.15, 0.2) is 0 Å². The Labute approximate surface area is 160 Å². The number of carbonyl (C=O) groups excluding carboxylic acids is 3. The molecule has 0 aliphatic carbocycles. The van der Waals surface area contributed by atoms with Crippen molar-refractivity contribution in [2.75, 3.05) is 18.1 Å². The lowest BCUT2D eigenvalue weighted by Gasteiger charge is -2.18. The van der Waals surface area contributed by atoms with Crippen molar-refractivity contribution < 1.29 is 19.1 Å². The molecule has 2 heterocycles. The highest BCUT2D eigenvalue weighted by Crippen LogP contribution is 2.23. The van der Waals surface area contributed by atoms with Gasteiger partial charge in [0.25, 0.3) is 5.24 Å². The summed E-state index contributed by atoms with van der Waals surface area (Å²) in [5, 5.41) is 1.58. The quantitative estimate of drug-likeness (QED) is 0.774. The molecule has 1 aliphatic rings. The third kappa shape index (κ3) is 5.04. The van der Waals surface area contributed by atoms with E-state index in [1.807, 2.05) is 12.1 Å². The van der Waals surface area contributed by atoms with Gasteiger partial charge in [-0.05, 0) is 30.2 Å². The summed E-state index contributed by atoms with van der Waals surface area (Å²) in [4.78, 5) is 44.2. The maximum Gasteiger partial charge on any atom is 0.286 e. The predicted octanol–water partition coefficient (Wildman–Crippen LogP) is 1.80. The van der Waals surface area contributed by atoms with Crippen LogP contribution in [0.25, 0.3) is 0 Å². The van der Waals surface area contributed by atoms with E-state index < -0.39 is 0 Å². The maximum atomic E-state index is 11.8. The molecule has 140 valence electrons. The molecule has 1 fully saturated rings. The number of hydrogen-bond acceptors (Lipinski definition) is 7. The van der Waals surface area contributed by atoms with E-state index in [4.69, 9.17) is 4.74 Å². The van der Waals surface area contributed by atoms with Crippen LogP contribution in [0.3, 0.4) is 0 Å². The smallest absolute Gasteiger partial charge is 0.286 e. The topological polar surface area (TPSA) is 101 Å². The molecule has 8 nitrogen and oxygen atoms in total. The average molecular weight is 386 g/mol. The average Bonchev–Trinajstić information content (AvgIpc) is 2.97. The van der Waals surface area contributed by atoms with Gasteiger partial charge in [0, 0.05) is 19.3 Å². The molecule has 0 spiro atoms. The first-order valence-electron chi connectivity index (χ1n) is 8.31. The fraction of sp³-hybridized carbons (Fsp3) is 0.278. The van der Waals surface area contributed by atoms with E-state index in [0.29, 0.717) is 24.7 Å². The number of ether oxygens (including phenoxy) is 1. The van der Waals surface area contributed by atoms with Crippen LogP contribution in [0.5, 0.6) is 5.75 Å². The second kappa shape index (κ2) is 8.63. The summed E-state index contributed by atoms with van der Waals surface area (Å²) in [6, 6.07) is 8.99. The second-order valence-electron chi connectivity index (χ2n) is 5.80. The lowest BCUT2D eigenvalue weighted by Crippen LogP contribution is -2.34. The van der Waals surface area contributed by atoms with E-state index in [1.54, 1.807) is 30.6 Å². The summed E-state index contributed by atoms with van der Waals surface area (Å²) >= 11 is 1.01. The molecule has 0 saturated carbocycles. The number of thioether (sulfide) groups is 1. The SMILES string of the molecule is CC(=O)N(CCOc1ccc(CC2SC(=O)NC2=O)cc1)c1ncccn1. The van der Waals surface area contributed by atoms with Crippen molar-refractivity contribution >= 4 is 34.8 Å². The molecule has 27 heavy (non-hydrogen) atoms. The number of benzene rings is 1. The summed E-state index contributed by atoms with van der Waals surface area (Å²) in [5.74, 6) is 0.571. The predicted molar refractivity (Wildman–Crippen MR) is 101 cm³/mol. The molecule has 2 aromatic rings. The van der Waals surface area contributed by atoms with Crippen molar-refractivity contribution in [3.05, 3.63) is 48.3 Å². The molecule has 1 atom stereocenters. The zero-order valence-electron chi connectivity index (χ0n) is 14.6. The summed E-state index contributed by atoms with van der Waals surface area (Å²) in [6.45, 7) is 2.06. The monoisotopic (exact) mass is 386 g/mol. The number of rotatable bonds is 7. The van der Waals surface area contributed by atoms with Gasteiger partial charge in [-0.1, -0.05) is 23.9 Å². The number of nitrogens with one attached hydrogen (secondary N) is 1. The summed E-state index contributed by atoms with van der Waals surface area (Å²) < 4.78 is 5.68. The highest BCUT2D eigenvalue weighted by atomic mass is 32.2. The van der Waals surface area contributed by atoms with Crippen LogP contribution in [0.4, 0.5) is 10.7 Å². The third-order valence-electron chi connectivity index (χ3n) is 3.87. The van der Waals surface area contributed by atoms with Crippen molar-refractivity contribution in [2.24, 2.45) is 0 Å². The number of nitrogens with zero attached hydrogens (tertiary/aromatic N) is 3. The van der Waals surface area contributed by atoms with Gasteiger partial charge in [0.2, 0.25) is 17.8 Å². The Hall–Kier alpha value is -2.94. The Bertz CT molecular complexity index is 829. The molecule has 1 unspecified atom stereocenters. The fourth-order valence-electron chi connectivity index (χ4n) is 2.55. The van der Waals surface area contributed by atoms with Crippen LogP contribution in [0, 0.1) is 0 Å². The van der Waals surface area contributed by atoms with Crippen LogP contribution >= 0.6 is 11.8 Å². The summed E-state index contributed by atoms with van der Waals surface area (Å²) in [7, 11) is 0. The molecule has 1 aromatic carbocycles. The van der Waals surface area contributed by atoms with Gasteiger partial charge in [-0.2, -0.15) is 0 Å². The van der Waals surface area contributed by atoms with Gasteiger partial charge in [0.05, 0.1) is 11.8 Å². The van der Waals surface area contributed by atoms with E-state index in [-0.39, 0.29) is 28.9 Å². The number of anilines is 1. The van der Waals surface area contributed by atoms with Gasteiger partial charge >= 0.3 is 0 Å². The Balaban J connectivity index is 1.52. The minimum atomic E-state index is -0.390. The Morgan fingerprint density at radius 3 is 2.52 bits per heavy atom. The lowest BCUT2D eigenvalue weighted by atomic mass is 10.1. The molecule has 0 bridgehead atoms. The minimum Gasteiger partial charge on any atom is -0.492 e. The Morgan fingerprint density at radius 1 is 1.22 bits per heavy atom. The van der Waals surface area contributed by atoms with Crippen molar-refractivity contribution in [3.63, 3.8) is 0 Å². The van der Waals surface area contributed by atoms with Crippen LogP contribution in [0.2, 0.25) is 0 Å². The second-order valence-corrected chi connectivity index (χ2v) is 6.97. The number of imide groups is 1. The molecule has 1 N–H and O–H groups in total. The van der Waals surface area contributed by atoms with Gasteiger partial charge < -0.3 is 4.74 Å². The van der Waals surface area contributed by atoms with Gasteiger partial charge in [0.1, 0.15) is 12.4 Å². The first-order valence-corrected chi connectivity index (χ1v) is 9.19. The van der Waals surface area contributed by atoms with Crippen LogP contribution < -0.4 is 15.0 Å². The van der Waals surface area contributed by atoms with E-state index >= 15 is 0 Å². The zero-order valence-corrected chi connectivity index (χ0v) is 15.4. The van der Waals surface area contributed by atoms with Gasteiger partial charge in [-0.3, -0.25) is 24.6 Å². The zero-order chi connectivity index (χ0) is 19.2. The molecule has 3 amide bonds. The lowest BCUT2D eigenvalue weighted by molar-refractivity contribution is -0.119. The van der Waals surface area contributed by atoms with Crippen LogP contribution in [-0.4, -0.2) is 45.4 Å². The normalized spacial score (nSPS) is 16.1. The third-order valence-corrected chi connectivity index (χ3v) is 4.85. The van der Waals surface area contributed by atoms with Crippen molar-refractivity contribution in [3.8, 4) is 5.75 Å². The van der Waals surface area contributed by atoms with Crippen LogP contribution in [0.15, 0.2) is 42.7 Å². The van der Waals surface area contributed by atoms with Crippen molar-refractivity contribution in [1.29, 1.82) is 0 Å². The van der Waals surface area contributed by atoms with Crippen LogP contribution in [0.1, 0.15) is 12.5 Å². The molecule has 1 aromatic heterocycles. The molecule has 1 saturated heterocycles. The highest BCUT2D eigenvalue weighted by Gasteiger charge is 2.31. The van der Waals surface area contributed by atoms with Crippen molar-refractivity contribution in [2.45, 2.75) is 18.6 Å². The molecule has 1 aliphatic heterocycles. The van der Waals surface area contributed by atoms with E-state index in [2.05, 4.69) is 15.3 Å². The minimum absolute atomic E-state index is 0.165. The number of amides is 3. The molecular formula is C18H18N4O4S. The molecule has 3 rings (SSSR count). The standard InChI is InChI=1S/C18H18N4O4S/c1-12(23)22(17-19-7-2-8-20-17)9-10-26-14-5-3-13(4-6-14)11-15-16(24)21-18(25)27-15/h2-8,15H,9-11H2,1H3,(H,21,24,25). The highest BCUT2D eigenvalue weighted by molar-refractivity contribution is 8.15. The van der Waals surface area contributed by atoms with Gasteiger partial charge in [-0.25, -0.2) is 9.97 Å². The number of aromatic nitrogens is 2. The van der Waals surface area contributed by atoms with E-state index in [9.17, 15) is 14.4 Å². The molecule has 0 radical (unpaired) electrons. The van der Waals surface area contributed by atoms with Crippen LogP contribution in [-0.2, 0) is 16.0 Å². The number of carbonyl (C=O) groups is 3. The van der Waals surface area contributed by atoms with Gasteiger partial charge in [-0.15, -0.1) is 0 Å². The first-order chi connectivity index (χ1) is 13.0.